The lowest BCUT2D eigenvalue weighted by molar-refractivity contribution is -0.135. The van der Waals surface area contributed by atoms with E-state index in [1.165, 1.54) is 0 Å². The second kappa shape index (κ2) is 8.10. The molecule has 1 N–H and O–H groups in total. The molecule has 2 aliphatic heterocycles. The molecule has 0 radical (unpaired) electrons. The van der Waals surface area contributed by atoms with Gasteiger partial charge < -0.3 is 10.2 Å². The molecule has 1 amide bonds. The van der Waals surface area contributed by atoms with Crippen molar-refractivity contribution in [3.05, 3.63) is 35.9 Å². The fraction of sp³-hybridized carbons (Fsp3) is 0.632. The Bertz CT molecular complexity index is 529. The fourth-order valence-corrected chi connectivity index (χ4v) is 3.86. The number of carbonyl (C=O) groups excluding carboxylic acids is 1. The third kappa shape index (κ3) is 3.79. The van der Waals surface area contributed by atoms with Crippen molar-refractivity contribution in [2.24, 2.45) is 0 Å². The first kappa shape index (κ1) is 17.4. The Balaban J connectivity index is 1.69. The number of carbonyl (C=O) groups is 1. The molecule has 5 nitrogen and oxygen atoms in total. The molecule has 0 aromatic heterocycles. The predicted octanol–water partition coefficient (Wildman–Crippen LogP) is 1.19. The average molecular weight is 330 g/mol. The molecule has 1 aromatic rings. The molecule has 2 unspecified atom stereocenters. The number of hydrogen-bond acceptors (Lipinski definition) is 4. The van der Waals surface area contributed by atoms with Gasteiger partial charge in [-0.3, -0.25) is 14.6 Å². The molecule has 0 aliphatic carbocycles. The molecule has 132 valence electrons. The van der Waals surface area contributed by atoms with E-state index < -0.39 is 0 Å². The van der Waals surface area contributed by atoms with E-state index in [9.17, 15) is 4.79 Å². The summed E-state index contributed by atoms with van der Waals surface area (Å²) in [6.45, 7) is 9.06. The minimum Gasteiger partial charge on any atom is -0.339 e. The highest BCUT2D eigenvalue weighted by Crippen LogP contribution is 2.25. The second-order valence-electron chi connectivity index (χ2n) is 6.90. The van der Waals surface area contributed by atoms with Crippen molar-refractivity contribution in [1.82, 2.24) is 20.0 Å². The van der Waals surface area contributed by atoms with E-state index in [1.807, 2.05) is 25.2 Å². The van der Waals surface area contributed by atoms with E-state index in [-0.39, 0.29) is 11.9 Å². The van der Waals surface area contributed by atoms with Crippen LogP contribution in [0.4, 0.5) is 0 Å². The van der Waals surface area contributed by atoms with Gasteiger partial charge in [0, 0.05) is 45.3 Å². The van der Waals surface area contributed by atoms with Crippen molar-refractivity contribution >= 4 is 5.91 Å². The van der Waals surface area contributed by atoms with Crippen LogP contribution in [0.15, 0.2) is 30.3 Å². The molecule has 2 fully saturated rings. The summed E-state index contributed by atoms with van der Waals surface area (Å²) in [5.41, 5.74) is 1.09. The van der Waals surface area contributed by atoms with Gasteiger partial charge in [0.1, 0.15) is 6.04 Å². The Labute approximate surface area is 145 Å². The Kier molecular flexibility index (Phi) is 5.87. The summed E-state index contributed by atoms with van der Waals surface area (Å²) in [5, 5.41) is 3.41. The maximum absolute atomic E-state index is 13.2. The molecule has 2 saturated heterocycles. The van der Waals surface area contributed by atoms with E-state index in [0.29, 0.717) is 6.04 Å². The Morgan fingerprint density at radius 2 is 1.96 bits per heavy atom. The van der Waals surface area contributed by atoms with Crippen molar-refractivity contribution in [2.45, 2.75) is 25.4 Å². The zero-order valence-electron chi connectivity index (χ0n) is 14.9. The molecule has 0 bridgehead atoms. The number of rotatable bonds is 5. The Morgan fingerprint density at radius 3 is 2.62 bits per heavy atom. The quantitative estimate of drug-likeness (QED) is 0.880. The minimum atomic E-state index is -0.169. The molecule has 2 atom stereocenters. The minimum absolute atomic E-state index is 0.169. The van der Waals surface area contributed by atoms with Gasteiger partial charge in [-0.25, -0.2) is 0 Å². The zero-order chi connectivity index (χ0) is 16.9. The van der Waals surface area contributed by atoms with E-state index in [0.717, 1.165) is 57.8 Å². The fourth-order valence-electron chi connectivity index (χ4n) is 3.86. The molecule has 0 spiro atoms. The van der Waals surface area contributed by atoms with Crippen LogP contribution in [0, 0.1) is 0 Å². The van der Waals surface area contributed by atoms with Crippen LogP contribution >= 0.6 is 0 Å². The molecular weight excluding hydrogens is 300 g/mol. The standard InChI is InChI=1S/C19H30N4O/c1-3-21(2)18(16-7-5-4-6-8-16)19(24)23-12-9-17(15-23)22-13-10-20-11-14-22/h4-8,17-18,20H,3,9-15H2,1-2H3. The summed E-state index contributed by atoms with van der Waals surface area (Å²) in [5.74, 6) is 0.253. The lowest BCUT2D eigenvalue weighted by Gasteiger charge is -2.33. The van der Waals surface area contributed by atoms with Gasteiger partial charge in [-0.1, -0.05) is 37.3 Å². The molecule has 2 aliphatic rings. The summed E-state index contributed by atoms with van der Waals surface area (Å²) < 4.78 is 0. The first-order valence-electron chi connectivity index (χ1n) is 9.19. The van der Waals surface area contributed by atoms with Crippen LogP contribution in [-0.2, 0) is 4.79 Å². The van der Waals surface area contributed by atoms with Crippen LogP contribution in [0.3, 0.4) is 0 Å². The van der Waals surface area contributed by atoms with Gasteiger partial charge in [0.15, 0.2) is 0 Å². The average Bonchev–Trinajstić information content (AvgIpc) is 3.13. The number of nitrogens with one attached hydrogen (secondary N) is 1. The van der Waals surface area contributed by atoms with Gasteiger partial charge in [0.2, 0.25) is 5.91 Å². The molecule has 5 heteroatoms. The largest absolute Gasteiger partial charge is 0.339 e. The van der Waals surface area contributed by atoms with Crippen molar-refractivity contribution in [3.63, 3.8) is 0 Å². The van der Waals surface area contributed by atoms with Crippen LogP contribution in [0.1, 0.15) is 24.9 Å². The van der Waals surface area contributed by atoms with E-state index in [1.54, 1.807) is 0 Å². The van der Waals surface area contributed by atoms with Gasteiger partial charge in [0.05, 0.1) is 0 Å². The van der Waals surface area contributed by atoms with E-state index in [2.05, 4.69) is 39.1 Å². The molecule has 0 saturated carbocycles. The maximum atomic E-state index is 13.2. The van der Waals surface area contributed by atoms with E-state index in [4.69, 9.17) is 0 Å². The van der Waals surface area contributed by atoms with Crippen LogP contribution in [0.25, 0.3) is 0 Å². The number of hydrogen-bond donors (Lipinski definition) is 1. The highest BCUT2D eigenvalue weighted by atomic mass is 16.2. The highest BCUT2D eigenvalue weighted by Gasteiger charge is 2.35. The van der Waals surface area contributed by atoms with E-state index >= 15 is 0 Å². The van der Waals surface area contributed by atoms with Crippen LogP contribution in [0.2, 0.25) is 0 Å². The Morgan fingerprint density at radius 1 is 1.25 bits per heavy atom. The smallest absolute Gasteiger partial charge is 0.244 e. The first-order chi connectivity index (χ1) is 11.7. The van der Waals surface area contributed by atoms with Gasteiger partial charge in [-0.2, -0.15) is 0 Å². The Hall–Kier alpha value is -1.43. The van der Waals surface area contributed by atoms with Crippen molar-refractivity contribution in [3.8, 4) is 0 Å². The third-order valence-corrected chi connectivity index (χ3v) is 5.43. The van der Waals surface area contributed by atoms with Crippen molar-refractivity contribution in [1.29, 1.82) is 0 Å². The molecule has 3 rings (SSSR count). The van der Waals surface area contributed by atoms with Crippen LogP contribution in [0.5, 0.6) is 0 Å². The van der Waals surface area contributed by atoms with Crippen LogP contribution < -0.4 is 5.32 Å². The third-order valence-electron chi connectivity index (χ3n) is 5.43. The number of nitrogens with zero attached hydrogens (tertiary/aromatic N) is 3. The molecule has 24 heavy (non-hydrogen) atoms. The number of benzene rings is 1. The summed E-state index contributed by atoms with van der Waals surface area (Å²) in [6.07, 6.45) is 1.10. The van der Waals surface area contributed by atoms with Gasteiger partial charge in [-0.15, -0.1) is 0 Å². The molecule has 2 heterocycles. The topological polar surface area (TPSA) is 38.8 Å². The van der Waals surface area contributed by atoms with Gasteiger partial charge in [0.25, 0.3) is 0 Å². The second-order valence-corrected chi connectivity index (χ2v) is 6.90. The predicted molar refractivity (Wildman–Crippen MR) is 96.9 cm³/mol. The van der Waals surface area contributed by atoms with Gasteiger partial charge >= 0.3 is 0 Å². The monoisotopic (exact) mass is 330 g/mol. The lowest BCUT2D eigenvalue weighted by Crippen LogP contribution is -2.50. The summed E-state index contributed by atoms with van der Waals surface area (Å²) in [7, 11) is 2.04. The SMILES string of the molecule is CCN(C)C(C(=O)N1CCC(N2CCNCC2)C1)c1ccccc1. The summed E-state index contributed by atoms with van der Waals surface area (Å²) >= 11 is 0. The molecule has 1 aromatic carbocycles. The first-order valence-corrected chi connectivity index (χ1v) is 9.19. The van der Waals surface area contributed by atoms with Crippen molar-refractivity contribution in [2.75, 3.05) is 52.9 Å². The number of piperazine rings is 1. The number of likely N-dealkylation sites (tertiary alicyclic amines) is 1. The van der Waals surface area contributed by atoms with Gasteiger partial charge in [-0.05, 0) is 25.6 Å². The van der Waals surface area contributed by atoms with Crippen LogP contribution in [-0.4, -0.2) is 79.5 Å². The summed E-state index contributed by atoms with van der Waals surface area (Å²) in [6, 6.07) is 10.5. The summed E-state index contributed by atoms with van der Waals surface area (Å²) in [4.78, 5) is 20.0. The number of amides is 1. The molecular formula is C19H30N4O. The van der Waals surface area contributed by atoms with Crippen molar-refractivity contribution < 1.29 is 4.79 Å². The highest BCUT2D eigenvalue weighted by molar-refractivity contribution is 5.83. The zero-order valence-corrected chi connectivity index (χ0v) is 14.9. The lowest BCUT2D eigenvalue weighted by atomic mass is 10.0. The maximum Gasteiger partial charge on any atom is 0.244 e. The normalized spacial score (nSPS) is 23.6. The number of likely N-dealkylation sites (N-methyl/N-ethyl adjacent to an activating group) is 1.